The summed E-state index contributed by atoms with van der Waals surface area (Å²) in [4.78, 5) is 11.5. The molecule has 0 saturated heterocycles. The number of hydrogen-bond acceptors (Lipinski definition) is 14. The number of rotatable bonds is 36. The maximum Gasteiger partial charge on any atom is 0.332 e. The summed E-state index contributed by atoms with van der Waals surface area (Å²) in [7, 11) is 0. The monoisotopic (exact) mass is 642 g/mol. The van der Waals surface area contributed by atoms with Crippen LogP contribution in [0.1, 0.15) is 20.8 Å². The van der Waals surface area contributed by atoms with E-state index in [2.05, 4.69) is 6.58 Å². The van der Waals surface area contributed by atoms with Gasteiger partial charge in [-0.15, -0.1) is 0 Å². The minimum Gasteiger partial charge on any atom is -0.499 e. The second-order valence-corrected chi connectivity index (χ2v) is 9.80. The molecule has 0 radical (unpaired) electrons. The Hall–Kier alpha value is -1.43. The van der Waals surface area contributed by atoms with Crippen molar-refractivity contribution in [2.24, 2.45) is 0 Å². The minimum absolute atomic E-state index is 0.0835. The molecular weight excluding hydrogens is 584 g/mol. The van der Waals surface area contributed by atoms with E-state index >= 15 is 0 Å². The normalized spacial score (nSPS) is 11.6. The fraction of sp³-hybridized carbons (Fsp3) is 0.900. The summed E-state index contributed by atoms with van der Waals surface area (Å²) in [6, 6.07) is 0. The Labute approximate surface area is 263 Å². The van der Waals surface area contributed by atoms with Gasteiger partial charge in [0.25, 0.3) is 0 Å². The molecule has 0 amide bonds. The SMILES string of the molecule is C=COCCOCCOCCOCCOCCOCCOCCOCCOCCOCCOCCOCC(=O)OC(C)(C)C. The van der Waals surface area contributed by atoms with Crippen molar-refractivity contribution >= 4 is 5.97 Å². The molecule has 0 atom stereocenters. The highest BCUT2D eigenvalue weighted by molar-refractivity contribution is 5.71. The van der Waals surface area contributed by atoms with Crippen LogP contribution >= 0.6 is 0 Å². The van der Waals surface area contributed by atoms with Crippen molar-refractivity contribution in [2.45, 2.75) is 26.4 Å². The molecule has 0 N–H and O–H groups in total. The number of carbonyl (C=O) groups excluding carboxylic acids is 1. The summed E-state index contributed by atoms with van der Waals surface area (Å²) in [5.74, 6) is -0.387. The Morgan fingerprint density at radius 1 is 0.432 bits per heavy atom. The molecular formula is C30H58O14. The predicted molar refractivity (Wildman–Crippen MR) is 161 cm³/mol. The van der Waals surface area contributed by atoms with E-state index in [1.54, 1.807) is 0 Å². The fourth-order valence-electron chi connectivity index (χ4n) is 2.92. The van der Waals surface area contributed by atoms with Crippen molar-refractivity contribution in [3.63, 3.8) is 0 Å². The lowest BCUT2D eigenvalue weighted by molar-refractivity contribution is -0.160. The van der Waals surface area contributed by atoms with Crippen molar-refractivity contribution in [3.8, 4) is 0 Å². The molecule has 0 rings (SSSR count). The van der Waals surface area contributed by atoms with Gasteiger partial charge in [-0.25, -0.2) is 4.79 Å². The molecule has 0 aromatic rings. The Morgan fingerprint density at radius 3 is 0.886 bits per heavy atom. The van der Waals surface area contributed by atoms with E-state index in [-0.39, 0.29) is 12.6 Å². The van der Waals surface area contributed by atoms with Gasteiger partial charge in [-0.05, 0) is 20.8 Å². The molecule has 0 aromatic carbocycles. The molecule has 0 aromatic heterocycles. The van der Waals surface area contributed by atoms with Crippen LogP contribution in [-0.2, 0) is 66.4 Å². The van der Waals surface area contributed by atoms with Gasteiger partial charge in [-0.2, -0.15) is 0 Å². The maximum atomic E-state index is 11.5. The summed E-state index contributed by atoms with van der Waals surface area (Å²) in [6.07, 6.45) is 1.39. The van der Waals surface area contributed by atoms with E-state index in [0.717, 1.165) is 0 Å². The second kappa shape index (κ2) is 34.4. The van der Waals surface area contributed by atoms with Crippen LogP contribution in [0.5, 0.6) is 0 Å². The minimum atomic E-state index is -0.511. The Balaban J connectivity index is 3.09. The molecule has 0 fully saturated rings. The quantitative estimate of drug-likeness (QED) is 0.0557. The van der Waals surface area contributed by atoms with Gasteiger partial charge in [0.2, 0.25) is 0 Å². The van der Waals surface area contributed by atoms with Gasteiger partial charge in [-0.3, -0.25) is 0 Å². The fourth-order valence-corrected chi connectivity index (χ4v) is 2.92. The number of esters is 1. The van der Waals surface area contributed by atoms with Crippen LogP contribution in [0, 0.1) is 0 Å². The predicted octanol–water partition coefficient (Wildman–Crippen LogP) is 1.67. The lowest BCUT2D eigenvalue weighted by Crippen LogP contribution is -2.27. The third kappa shape index (κ3) is 38.6. The molecule has 14 heteroatoms. The van der Waals surface area contributed by atoms with Crippen LogP contribution < -0.4 is 0 Å². The summed E-state index contributed by atoms with van der Waals surface area (Å²) in [5, 5.41) is 0. The zero-order valence-corrected chi connectivity index (χ0v) is 27.3. The standard InChI is InChI=1S/C30H58O14/c1-5-32-6-7-33-8-9-34-10-11-35-12-13-36-14-15-37-16-17-38-18-19-39-20-21-40-22-23-41-24-25-42-26-27-43-28-29(31)44-30(2,3)4/h5H,1,6-28H2,2-4H3. The first kappa shape index (κ1) is 42.6. The van der Waals surface area contributed by atoms with Gasteiger partial charge in [0.05, 0.1) is 145 Å². The van der Waals surface area contributed by atoms with E-state index in [9.17, 15) is 4.79 Å². The summed E-state index contributed by atoms with van der Waals surface area (Å²) in [5.41, 5.74) is -0.511. The van der Waals surface area contributed by atoms with Gasteiger partial charge >= 0.3 is 5.97 Å². The van der Waals surface area contributed by atoms with Crippen LogP contribution in [0.15, 0.2) is 12.8 Å². The van der Waals surface area contributed by atoms with Crippen LogP contribution in [-0.4, -0.2) is 164 Å². The Morgan fingerprint density at radius 2 is 0.659 bits per heavy atom. The van der Waals surface area contributed by atoms with Gasteiger partial charge in [0.1, 0.15) is 18.8 Å². The van der Waals surface area contributed by atoms with Crippen LogP contribution in [0.4, 0.5) is 0 Å². The van der Waals surface area contributed by atoms with E-state index in [1.807, 2.05) is 20.8 Å². The third-order valence-electron chi connectivity index (χ3n) is 4.82. The topological polar surface area (TPSA) is 137 Å². The van der Waals surface area contributed by atoms with Crippen molar-refractivity contribution < 1.29 is 66.4 Å². The molecule has 0 aliphatic heterocycles. The summed E-state index contributed by atoms with van der Waals surface area (Å²) < 4.78 is 69.5. The highest BCUT2D eigenvalue weighted by atomic mass is 16.6. The largest absolute Gasteiger partial charge is 0.499 e. The number of carbonyl (C=O) groups is 1. The van der Waals surface area contributed by atoms with Crippen molar-refractivity contribution in [1.82, 2.24) is 0 Å². The first-order valence-electron chi connectivity index (χ1n) is 15.2. The summed E-state index contributed by atoms with van der Waals surface area (Å²) in [6.45, 7) is 19.4. The number of hydrogen-bond donors (Lipinski definition) is 0. The van der Waals surface area contributed by atoms with Gasteiger partial charge in [-0.1, -0.05) is 6.58 Å². The average molecular weight is 643 g/mol. The molecule has 0 bridgehead atoms. The van der Waals surface area contributed by atoms with Crippen molar-refractivity contribution in [1.29, 1.82) is 0 Å². The van der Waals surface area contributed by atoms with Gasteiger partial charge in [0, 0.05) is 0 Å². The molecule has 0 unspecified atom stereocenters. The highest BCUT2D eigenvalue weighted by Gasteiger charge is 2.15. The van der Waals surface area contributed by atoms with Gasteiger partial charge in [0.15, 0.2) is 0 Å². The van der Waals surface area contributed by atoms with Crippen molar-refractivity contribution in [2.75, 3.05) is 152 Å². The average Bonchev–Trinajstić information content (AvgIpc) is 2.98. The first-order chi connectivity index (χ1) is 21.5. The first-order valence-corrected chi connectivity index (χ1v) is 15.2. The summed E-state index contributed by atoms with van der Waals surface area (Å²) >= 11 is 0. The van der Waals surface area contributed by atoms with E-state index in [4.69, 9.17) is 61.6 Å². The smallest absolute Gasteiger partial charge is 0.332 e. The van der Waals surface area contributed by atoms with Crippen molar-refractivity contribution in [3.05, 3.63) is 12.8 Å². The van der Waals surface area contributed by atoms with Crippen LogP contribution in [0.2, 0.25) is 0 Å². The molecule has 262 valence electrons. The van der Waals surface area contributed by atoms with E-state index in [0.29, 0.717) is 145 Å². The van der Waals surface area contributed by atoms with E-state index < -0.39 is 5.60 Å². The third-order valence-corrected chi connectivity index (χ3v) is 4.82. The zero-order valence-electron chi connectivity index (χ0n) is 27.3. The maximum absolute atomic E-state index is 11.5. The molecule has 0 spiro atoms. The molecule has 0 saturated carbocycles. The second-order valence-electron chi connectivity index (χ2n) is 9.80. The van der Waals surface area contributed by atoms with Crippen LogP contribution in [0.3, 0.4) is 0 Å². The highest BCUT2D eigenvalue weighted by Crippen LogP contribution is 2.06. The zero-order chi connectivity index (χ0) is 32.2. The number of ether oxygens (including phenoxy) is 13. The molecule has 0 aliphatic rings. The van der Waals surface area contributed by atoms with E-state index in [1.165, 1.54) is 6.26 Å². The van der Waals surface area contributed by atoms with Crippen LogP contribution in [0.25, 0.3) is 0 Å². The van der Waals surface area contributed by atoms with Gasteiger partial charge < -0.3 is 61.6 Å². The molecule has 0 aliphatic carbocycles. The Bertz CT molecular complexity index is 603. The Kier molecular flexibility index (Phi) is 33.3. The lowest BCUT2D eigenvalue weighted by Gasteiger charge is -2.19. The molecule has 44 heavy (non-hydrogen) atoms. The lowest BCUT2D eigenvalue weighted by atomic mass is 10.2. The molecule has 0 heterocycles. The molecule has 14 nitrogen and oxygen atoms in total.